The molecule has 0 unspecified atom stereocenters. The second-order valence-corrected chi connectivity index (χ2v) is 4.08. The summed E-state index contributed by atoms with van der Waals surface area (Å²) in [5.74, 6) is -1.78. The zero-order chi connectivity index (χ0) is 12.3. The second kappa shape index (κ2) is 4.79. The summed E-state index contributed by atoms with van der Waals surface area (Å²) in [6, 6.07) is 4.10. The Hall–Kier alpha value is -1.84. The van der Waals surface area contributed by atoms with Crippen LogP contribution in [0, 0.1) is 5.92 Å². The van der Waals surface area contributed by atoms with Gasteiger partial charge >= 0.3 is 11.9 Å². The molecule has 0 bridgehead atoms. The molecule has 0 radical (unpaired) electrons. The maximum atomic E-state index is 10.9. The molecule has 0 spiro atoms. The molecular formula is C12H14O4. The van der Waals surface area contributed by atoms with Crippen LogP contribution >= 0.6 is 0 Å². The first-order valence-electron chi connectivity index (χ1n) is 5.01. The van der Waals surface area contributed by atoms with Gasteiger partial charge in [0.25, 0.3) is 0 Å². The molecule has 0 saturated carbocycles. The van der Waals surface area contributed by atoms with Crippen LogP contribution in [0.4, 0.5) is 0 Å². The van der Waals surface area contributed by atoms with E-state index in [2.05, 4.69) is 0 Å². The molecule has 0 aliphatic heterocycles. The third-order valence-corrected chi connectivity index (χ3v) is 2.21. The minimum Gasteiger partial charge on any atom is -0.478 e. The molecule has 2 N–H and O–H groups in total. The summed E-state index contributed by atoms with van der Waals surface area (Å²) < 4.78 is 0. The van der Waals surface area contributed by atoms with Gasteiger partial charge in [0.2, 0.25) is 0 Å². The molecule has 1 rings (SSSR count). The Morgan fingerprint density at radius 1 is 1.19 bits per heavy atom. The van der Waals surface area contributed by atoms with E-state index in [1.807, 2.05) is 13.8 Å². The smallest absolute Gasteiger partial charge is 0.335 e. The summed E-state index contributed by atoms with van der Waals surface area (Å²) in [5.41, 5.74) is 0.877. The number of hydrogen-bond donors (Lipinski definition) is 2. The number of carboxylic acids is 2. The predicted molar refractivity (Wildman–Crippen MR) is 58.9 cm³/mol. The molecule has 16 heavy (non-hydrogen) atoms. The van der Waals surface area contributed by atoms with Crippen molar-refractivity contribution in [3.8, 4) is 0 Å². The van der Waals surface area contributed by atoms with Gasteiger partial charge in [0.05, 0.1) is 11.1 Å². The van der Waals surface area contributed by atoms with E-state index in [1.54, 1.807) is 0 Å². The van der Waals surface area contributed by atoms with Gasteiger partial charge in [-0.2, -0.15) is 0 Å². The molecule has 4 heteroatoms. The summed E-state index contributed by atoms with van der Waals surface area (Å²) in [7, 11) is 0. The van der Waals surface area contributed by atoms with E-state index in [9.17, 15) is 9.59 Å². The van der Waals surface area contributed by atoms with Gasteiger partial charge in [-0.1, -0.05) is 13.8 Å². The zero-order valence-electron chi connectivity index (χ0n) is 9.23. The van der Waals surface area contributed by atoms with E-state index >= 15 is 0 Å². The first kappa shape index (κ1) is 12.2. The molecule has 0 fully saturated rings. The first-order valence-corrected chi connectivity index (χ1v) is 5.01. The van der Waals surface area contributed by atoms with Gasteiger partial charge in [-0.3, -0.25) is 0 Å². The molecule has 86 valence electrons. The van der Waals surface area contributed by atoms with E-state index in [0.717, 1.165) is 0 Å². The van der Waals surface area contributed by atoms with Crippen molar-refractivity contribution in [3.63, 3.8) is 0 Å². The first-order chi connectivity index (χ1) is 7.41. The lowest BCUT2D eigenvalue weighted by atomic mass is 9.96. The molecule has 0 heterocycles. The lowest BCUT2D eigenvalue weighted by molar-refractivity contribution is 0.0680. The van der Waals surface area contributed by atoms with Gasteiger partial charge in [0.1, 0.15) is 0 Å². The van der Waals surface area contributed by atoms with Crippen LogP contribution in [0.1, 0.15) is 40.1 Å². The third-order valence-electron chi connectivity index (χ3n) is 2.21. The standard InChI is InChI=1S/C12H14O4/c1-7(2)5-9-6-8(11(13)14)3-4-10(9)12(15)16/h3-4,6-7H,5H2,1-2H3,(H,13,14)(H,15,16). The lowest BCUT2D eigenvalue weighted by Gasteiger charge is -2.09. The largest absolute Gasteiger partial charge is 0.478 e. The molecule has 0 amide bonds. The summed E-state index contributed by atoms with van der Waals surface area (Å²) in [5, 5.41) is 17.8. The molecule has 1 aromatic rings. The van der Waals surface area contributed by atoms with E-state index in [0.29, 0.717) is 12.0 Å². The fourth-order valence-electron chi connectivity index (χ4n) is 1.54. The Morgan fingerprint density at radius 2 is 1.81 bits per heavy atom. The lowest BCUT2D eigenvalue weighted by Crippen LogP contribution is -2.08. The number of rotatable bonds is 4. The highest BCUT2D eigenvalue weighted by atomic mass is 16.4. The number of carboxylic acid groups (broad SMARTS) is 2. The number of aromatic carboxylic acids is 2. The van der Waals surface area contributed by atoms with Crippen LogP contribution in [0.25, 0.3) is 0 Å². The van der Waals surface area contributed by atoms with Crippen molar-refractivity contribution >= 4 is 11.9 Å². The fourth-order valence-corrected chi connectivity index (χ4v) is 1.54. The van der Waals surface area contributed by atoms with Crippen LogP contribution in [0.5, 0.6) is 0 Å². The highest BCUT2D eigenvalue weighted by Crippen LogP contribution is 2.16. The van der Waals surface area contributed by atoms with Crippen LogP contribution in [-0.4, -0.2) is 22.2 Å². The van der Waals surface area contributed by atoms with Crippen LogP contribution in [0.15, 0.2) is 18.2 Å². The van der Waals surface area contributed by atoms with Crippen molar-refractivity contribution in [2.24, 2.45) is 5.92 Å². The molecule has 0 atom stereocenters. The summed E-state index contributed by atoms with van der Waals surface area (Å²) in [4.78, 5) is 21.7. The Bertz CT molecular complexity index is 421. The van der Waals surface area contributed by atoms with Crippen LogP contribution in [0.2, 0.25) is 0 Å². The van der Waals surface area contributed by atoms with Gasteiger partial charge < -0.3 is 10.2 Å². The minimum atomic E-state index is -1.04. The van der Waals surface area contributed by atoms with Gasteiger partial charge in [-0.15, -0.1) is 0 Å². The SMILES string of the molecule is CC(C)Cc1cc(C(=O)O)ccc1C(=O)O. The van der Waals surface area contributed by atoms with E-state index in [4.69, 9.17) is 10.2 Å². The molecule has 0 saturated heterocycles. The molecule has 1 aromatic carbocycles. The fraction of sp³-hybridized carbons (Fsp3) is 0.333. The van der Waals surface area contributed by atoms with Gasteiger partial charge in [-0.25, -0.2) is 9.59 Å². The predicted octanol–water partition coefficient (Wildman–Crippen LogP) is 2.28. The van der Waals surface area contributed by atoms with Crippen LogP contribution in [0.3, 0.4) is 0 Å². The van der Waals surface area contributed by atoms with Crippen molar-refractivity contribution < 1.29 is 19.8 Å². The summed E-state index contributed by atoms with van der Waals surface area (Å²) in [6.07, 6.45) is 0.558. The maximum absolute atomic E-state index is 10.9. The Morgan fingerprint density at radius 3 is 2.25 bits per heavy atom. The third kappa shape index (κ3) is 2.82. The molecular weight excluding hydrogens is 208 g/mol. The van der Waals surface area contributed by atoms with Crippen LogP contribution in [-0.2, 0) is 6.42 Å². The quantitative estimate of drug-likeness (QED) is 0.819. The van der Waals surface area contributed by atoms with Crippen molar-refractivity contribution in [1.29, 1.82) is 0 Å². The highest BCUT2D eigenvalue weighted by molar-refractivity contribution is 5.93. The molecule has 0 aliphatic rings. The molecule has 0 aromatic heterocycles. The highest BCUT2D eigenvalue weighted by Gasteiger charge is 2.14. The Balaban J connectivity index is 3.21. The maximum Gasteiger partial charge on any atom is 0.335 e. The van der Waals surface area contributed by atoms with E-state index < -0.39 is 11.9 Å². The second-order valence-electron chi connectivity index (χ2n) is 4.08. The Kier molecular flexibility index (Phi) is 3.66. The van der Waals surface area contributed by atoms with E-state index in [-0.39, 0.29) is 17.0 Å². The van der Waals surface area contributed by atoms with Crippen LogP contribution < -0.4 is 0 Å². The van der Waals surface area contributed by atoms with Crippen molar-refractivity contribution in [2.75, 3.05) is 0 Å². The summed E-state index contributed by atoms with van der Waals surface area (Å²) in [6.45, 7) is 3.91. The van der Waals surface area contributed by atoms with E-state index in [1.165, 1.54) is 18.2 Å². The van der Waals surface area contributed by atoms with Crippen molar-refractivity contribution in [2.45, 2.75) is 20.3 Å². The Labute approximate surface area is 93.5 Å². The zero-order valence-corrected chi connectivity index (χ0v) is 9.23. The molecule has 4 nitrogen and oxygen atoms in total. The van der Waals surface area contributed by atoms with Crippen molar-refractivity contribution in [3.05, 3.63) is 34.9 Å². The average Bonchev–Trinajstić information content (AvgIpc) is 2.15. The van der Waals surface area contributed by atoms with Gasteiger partial charge in [0, 0.05) is 0 Å². The van der Waals surface area contributed by atoms with Gasteiger partial charge in [0.15, 0.2) is 0 Å². The number of hydrogen-bond acceptors (Lipinski definition) is 2. The summed E-state index contributed by atoms with van der Waals surface area (Å²) >= 11 is 0. The average molecular weight is 222 g/mol. The monoisotopic (exact) mass is 222 g/mol. The molecule has 0 aliphatic carbocycles. The number of carbonyl (C=O) groups is 2. The minimum absolute atomic E-state index is 0.126. The van der Waals surface area contributed by atoms with Gasteiger partial charge in [-0.05, 0) is 36.1 Å². The van der Waals surface area contributed by atoms with Crippen molar-refractivity contribution in [1.82, 2.24) is 0 Å². The topological polar surface area (TPSA) is 74.6 Å². The number of benzene rings is 1. The normalized spacial score (nSPS) is 10.4.